The lowest BCUT2D eigenvalue weighted by Gasteiger charge is -2.52. The molecule has 6 N–H and O–H groups in total. The number of carbonyl (C=O) groups excluding carboxylic acids is 2. The Balaban J connectivity index is 0.00000541. The number of aromatic hydroxyl groups is 1. The van der Waals surface area contributed by atoms with Gasteiger partial charge in [0.05, 0.1) is 62.3 Å². The number of carbonyl (C=O) groups is 2. The summed E-state index contributed by atoms with van der Waals surface area (Å²) in [4.78, 5) is 24.1. The molecule has 0 radical (unpaired) electrons. The van der Waals surface area contributed by atoms with E-state index in [-0.39, 0.29) is 52.9 Å². The number of phenolic OH excluding ortho intramolecular Hbond substituents is 1. The highest BCUT2D eigenvalue weighted by Crippen LogP contribution is 2.43. The lowest BCUT2D eigenvalue weighted by Crippen LogP contribution is -3.00. The first-order valence-corrected chi connectivity index (χ1v) is 18.8. The zero-order valence-electron chi connectivity index (χ0n) is 30.2. The fourth-order valence-electron chi connectivity index (χ4n) is 8.50. The van der Waals surface area contributed by atoms with Crippen LogP contribution in [-0.2, 0) is 26.5 Å². The Morgan fingerprint density at radius 3 is 2.49 bits per heavy atom. The number of nitrogens with zero attached hydrogens (tertiary/aromatic N) is 1. The van der Waals surface area contributed by atoms with E-state index in [9.17, 15) is 24.9 Å². The molecule has 4 aliphatic rings. The quantitative estimate of drug-likeness (QED) is 0.0693. The summed E-state index contributed by atoms with van der Waals surface area (Å²) < 4.78 is 13.1. The minimum Gasteiger partial charge on any atom is -1.00 e. The van der Waals surface area contributed by atoms with Crippen molar-refractivity contribution in [3.8, 4) is 11.5 Å². The minimum atomic E-state index is -0.990. The molecule has 1 aliphatic carbocycles. The Labute approximate surface area is 327 Å². The number of hydrogen-bond donors (Lipinski definition) is 6. The van der Waals surface area contributed by atoms with Gasteiger partial charge in [0.2, 0.25) is 12.3 Å². The Kier molecular flexibility index (Phi) is 14.2. The van der Waals surface area contributed by atoms with Crippen LogP contribution in [0.15, 0.2) is 60.7 Å². The normalized spacial score (nSPS) is 22.7. The molecule has 2 amide bonds. The van der Waals surface area contributed by atoms with Crippen LogP contribution < -0.4 is 37.7 Å². The van der Waals surface area contributed by atoms with E-state index in [4.69, 9.17) is 21.1 Å². The molecular weight excluding hydrogens is 764 g/mol. The fraction of sp³-hybridized carbons (Fsp3) is 0.500. The summed E-state index contributed by atoms with van der Waals surface area (Å²) >= 11 is 6.65. The van der Waals surface area contributed by atoms with Crippen molar-refractivity contribution < 1.29 is 55.8 Å². The average molecular weight is 816 g/mol. The number of phenols is 1. The van der Waals surface area contributed by atoms with Crippen LogP contribution >= 0.6 is 11.6 Å². The molecule has 1 saturated carbocycles. The van der Waals surface area contributed by atoms with Gasteiger partial charge in [0.1, 0.15) is 29.7 Å². The first kappa shape index (κ1) is 40.9. The highest BCUT2D eigenvalue weighted by atomic mass is 79.9. The van der Waals surface area contributed by atoms with Gasteiger partial charge in [0.15, 0.2) is 0 Å². The van der Waals surface area contributed by atoms with Gasteiger partial charge >= 0.3 is 0 Å². The van der Waals surface area contributed by atoms with E-state index in [1.165, 1.54) is 12.1 Å². The number of quaternary nitrogens is 1. The minimum absolute atomic E-state index is 0. The molecular formula is C40H52BrClN4O7. The molecule has 288 valence electrons. The number of rotatable bonds is 17. The molecule has 3 atom stereocenters. The Bertz CT molecular complexity index is 1690. The Morgan fingerprint density at radius 1 is 1.06 bits per heavy atom. The maximum atomic E-state index is 13.3. The van der Waals surface area contributed by atoms with Crippen LogP contribution in [0.4, 0.5) is 11.4 Å². The average Bonchev–Trinajstić information content (AvgIpc) is 3.72. The van der Waals surface area contributed by atoms with Crippen molar-refractivity contribution >= 4 is 35.3 Å². The first-order valence-electron chi connectivity index (χ1n) is 18.5. The summed E-state index contributed by atoms with van der Waals surface area (Å²) in [7, 11) is 1.55. The van der Waals surface area contributed by atoms with Crippen molar-refractivity contribution in [2.75, 3.05) is 57.1 Å². The van der Waals surface area contributed by atoms with Crippen molar-refractivity contribution in [2.45, 2.75) is 69.3 Å². The second kappa shape index (κ2) is 18.4. The number of halogens is 2. The molecule has 7 rings (SSSR count). The molecule has 4 fully saturated rings. The van der Waals surface area contributed by atoms with E-state index in [2.05, 4.69) is 16.0 Å². The fourth-order valence-corrected chi connectivity index (χ4v) is 8.73. The molecule has 53 heavy (non-hydrogen) atoms. The zero-order chi connectivity index (χ0) is 36.7. The van der Waals surface area contributed by atoms with Crippen LogP contribution in [0.25, 0.3) is 0 Å². The SMILES string of the molecule is COc1cc(NC(=O)CC[N+]23CCC(CC2)[C@@H](OC[C@@](O)(c2ccccc2)C2CCCC2)C3)c(Cl)cc1CNC[C@H](O)c1ccc(O)c(NC=O)c1.[Br-]. The number of fused-ring (bicyclic) bond motifs is 3. The monoisotopic (exact) mass is 814 g/mol. The number of aliphatic hydroxyl groups is 2. The molecule has 3 heterocycles. The summed E-state index contributed by atoms with van der Waals surface area (Å²) in [6, 6.07) is 18.0. The van der Waals surface area contributed by atoms with E-state index < -0.39 is 11.7 Å². The number of ether oxygens (including phenoxy) is 2. The molecule has 13 heteroatoms. The second-order valence-electron chi connectivity index (χ2n) is 14.8. The maximum Gasteiger partial charge on any atom is 0.230 e. The predicted octanol–water partition coefficient (Wildman–Crippen LogP) is 2.48. The summed E-state index contributed by atoms with van der Waals surface area (Å²) in [6.45, 7) is 4.43. The number of amides is 2. The van der Waals surface area contributed by atoms with Crippen LogP contribution in [0.3, 0.4) is 0 Å². The van der Waals surface area contributed by atoms with Gasteiger partial charge < -0.3 is 62.2 Å². The van der Waals surface area contributed by atoms with Gasteiger partial charge in [-0.3, -0.25) is 9.59 Å². The summed E-state index contributed by atoms with van der Waals surface area (Å²) in [5.41, 5.74) is 1.90. The molecule has 11 nitrogen and oxygen atoms in total. The van der Waals surface area contributed by atoms with E-state index >= 15 is 0 Å². The highest BCUT2D eigenvalue weighted by molar-refractivity contribution is 6.33. The van der Waals surface area contributed by atoms with Gasteiger partial charge in [-0.25, -0.2) is 0 Å². The highest BCUT2D eigenvalue weighted by Gasteiger charge is 2.48. The number of nitrogens with one attached hydrogen (secondary N) is 3. The summed E-state index contributed by atoms with van der Waals surface area (Å²) in [5.74, 6) is 1.01. The largest absolute Gasteiger partial charge is 1.00 e. The first-order chi connectivity index (χ1) is 25.1. The van der Waals surface area contributed by atoms with Gasteiger partial charge in [0, 0.05) is 43.5 Å². The molecule has 3 saturated heterocycles. The third-order valence-electron chi connectivity index (χ3n) is 11.6. The lowest BCUT2D eigenvalue weighted by atomic mass is 9.80. The van der Waals surface area contributed by atoms with Gasteiger partial charge in [-0.05, 0) is 48.1 Å². The third-order valence-corrected chi connectivity index (χ3v) is 11.9. The van der Waals surface area contributed by atoms with Crippen molar-refractivity contribution in [2.24, 2.45) is 11.8 Å². The van der Waals surface area contributed by atoms with Crippen LogP contribution in [0.2, 0.25) is 5.02 Å². The van der Waals surface area contributed by atoms with Gasteiger partial charge in [-0.1, -0.05) is 60.8 Å². The van der Waals surface area contributed by atoms with Crippen LogP contribution in [0.1, 0.15) is 67.7 Å². The van der Waals surface area contributed by atoms with E-state index in [0.29, 0.717) is 60.5 Å². The Hall–Kier alpha value is -3.23. The van der Waals surface area contributed by atoms with Crippen LogP contribution in [0, 0.1) is 11.8 Å². The Morgan fingerprint density at radius 2 is 1.79 bits per heavy atom. The zero-order valence-corrected chi connectivity index (χ0v) is 32.6. The predicted molar refractivity (Wildman–Crippen MR) is 200 cm³/mol. The number of methoxy groups -OCH3 is 1. The number of piperidine rings is 3. The topological polar surface area (TPSA) is 149 Å². The molecule has 3 aliphatic heterocycles. The maximum absolute atomic E-state index is 13.3. The number of anilines is 2. The molecule has 0 unspecified atom stereocenters. The molecule has 3 aromatic rings. The second-order valence-corrected chi connectivity index (χ2v) is 15.2. The number of benzene rings is 3. The van der Waals surface area contributed by atoms with Crippen LogP contribution in [0.5, 0.6) is 11.5 Å². The van der Waals surface area contributed by atoms with E-state index in [1.807, 2.05) is 30.3 Å². The number of aliphatic hydroxyl groups excluding tert-OH is 1. The van der Waals surface area contributed by atoms with Crippen molar-refractivity contribution in [1.29, 1.82) is 0 Å². The van der Waals surface area contributed by atoms with Crippen molar-refractivity contribution in [1.82, 2.24) is 5.32 Å². The third kappa shape index (κ3) is 9.72. The van der Waals surface area contributed by atoms with Gasteiger partial charge in [0.25, 0.3) is 0 Å². The lowest BCUT2D eigenvalue weighted by molar-refractivity contribution is -0.946. The van der Waals surface area contributed by atoms with E-state index in [1.54, 1.807) is 25.3 Å². The van der Waals surface area contributed by atoms with Gasteiger partial charge in [-0.2, -0.15) is 0 Å². The van der Waals surface area contributed by atoms with Crippen molar-refractivity contribution in [3.63, 3.8) is 0 Å². The standard InChI is InChI=1S/C40H51ClN4O7.BrH/c1-51-37-21-33(32(41)19-29(37)22-42-23-36(48)28-11-12-35(47)34(20-28)43-26-46)44-39(49)15-18-45-16-13-27(14-17-45)38(24-45)52-25-40(50,31-9-5-6-10-31)30-7-3-2-4-8-30;/h2-4,7-8,11-12,19-21,26-27,31,36,38,42,48,50H,5-6,9-10,13-18,22-25H2,1H3,(H2-,43,44,46,47,49);1H/t27?,36-,38-,40+,45?;/m0./s1. The van der Waals surface area contributed by atoms with Crippen LogP contribution in [-0.4, -0.2) is 84.7 Å². The number of hydrogen-bond acceptors (Lipinski definition) is 8. The summed E-state index contributed by atoms with van der Waals surface area (Å²) in [6.07, 6.45) is 6.40. The van der Waals surface area contributed by atoms with Gasteiger partial charge in [-0.15, -0.1) is 0 Å². The van der Waals surface area contributed by atoms with Crippen molar-refractivity contribution in [3.05, 3.63) is 82.4 Å². The smallest absolute Gasteiger partial charge is 0.230 e. The summed E-state index contributed by atoms with van der Waals surface area (Å²) in [5, 5.41) is 41.5. The molecule has 2 bridgehead atoms. The molecule has 0 aromatic heterocycles. The van der Waals surface area contributed by atoms with E-state index in [0.717, 1.165) is 73.8 Å². The molecule has 3 aromatic carbocycles. The molecule has 0 spiro atoms.